The first-order valence-electron chi connectivity index (χ1n) is 19.2. The lowest BCUT2D eigenvalue weighted by molar-refractivity contribution is 0.00578. The van der Waals surface area contributed by atoms with Crippen LogP contribution in [0.1, 0.15) is 50.1 Å². The molecule has 0 spiro atoms. The number of hydrogen-bond acceptors (Lipinski definition) is 6. The molecule has 1 atom stereocenters. The van der Waals surface area contributed by atoms with E-state index < -0.39 is 23.7 Å². The Morgan fingerprint density at radius 3 is 1.64 bits per heavy atom. The van der Waals surface area contributed by atoms with Crippen LogP contribution in [0.2, 0.25) is 0 Å². The van der Waals surface area contributed by atoms with Gasteiger partial charge >= 0.3 is 7.12 Å². The van der Waals surface area contributed by atoms with Gasteiger partial charge in [0, 0.05) is 16.7 Å². The van der Waals surface area contributed by atoms with E-state index in [0.29, 0.717) is 17.0 Å². The Labute approximate surface area is 327 Å². The van der Waals surface area contributed by atoms with Crippen molar-refractivity contribution in [1.82, 2.24) is 19.9 Å². The maximum atomic E-state index is 6.66. The van der Waals surface area contributed by atoms with E-state index in [2.05, 4.69) is 137 Å². The first kappa shape index (κ1) is 34.2. The van der Waals surface area contributed by atoms with Gasteiger partial charge in [-0.05, 0) is 61.0 Å². The fourth-order valence-electron chi connectivity index (χ4n) is 8.33. The molecule has 1 saturated heterocycles. The number of fused-ring (bicyclic) bond motifs is 4. The third-order valence-corrected chi connectivity index (χ3v) is 11.8. The number of aromatic nitrogens is 4. The van der Waals surface area contributed by atoms with Gasteiger partial charge in [0.15, 0.2) is 11.5 Å². The van der Waals surface area contributed by atoms with Crippen LogP contribution in [0.15, 0.2) is 164 Å². The topological polar surface area (TPSA) is 70.0 Å². The summed E-state index contributed by atoms with van der Waals surface area (Å²) in [6, 6.07) is 56.7. The molecule has 6 aromatic carbocycles. The molecule has 56 heavy (non-hydrogen) atoms. The van der Waals surface area contributed by atoms with Crippen LogP contribution < -0.4 is 5.46 Å². The van der Waals surface area contributed by atoms with Gasteiger partial charge in [-0.25, -0.2) is 19.9 Å². The summed E-state index contributed by atoms with van der Waals surface area (Å²) in [4.78, 5) is 21.8. The van der Waals surface area contributed by atoms with Crippen molar-refractivity contribution in [2.24, 2.45) is 0 Å². The van der Waals surface area contributed by atoms with Crippen LogP contribution >= 0.6 is 0 Å². The minimum Gasteiger partial charge on any atom is -0.399 e. The molecule has 0 amide bonds. The molecule has 0 N–H and O–H groups in total. The highest BCUT2D eigenvalue weighted by molar-refractivity contribution is 6.62. The Kier molecular flexibility index (Phi) is 7.89. The Hall–Kier alpha value is -6.28. The van der Waals surface area contributed by atoms with Gasteiger partial charge < -0.3 is 9.31 Å². The van der Waals surface area contributed by atoms with Crippen LogP contribution in [0, 0.1) is 0 Å². The fraction of sp³-hybridized carbons (Fsp3) is 0.143. The monoisotopic (exact) mass is 726 g/mol. The molecule has 0 bridgehead atoms. The van der Waals surface area contributed by atoms with Crippen molar-refractivity contribution in [3.05, 3.63) is 186 Å². The minimum absolute atomic E-state index is 0.493. The molecule has 6 nitrogen and oxygen atoms in total. The molecular formula is C49H39BN4O2. The second-order valence-corrected chi connectivity index (χ2v) is 15.6. The molecule has 2 aromatic heterocycles. The smallest absolute Gasteiger partial charge is 0.399 e. The predicted molar refractivity (Wildman–Crippen MR) is 224 cm³/mol. The van der Waals surface area contributed by atoms with Crippen molar-refractivity contribution in [1.29, 1.82) is 0 Å². The first-order valence-corrected chi connectivity index (χ1v) is 19.2. The zero-order chi connectivity index (χ0) is 38.1. The van der Waals surface area contributed by atoms with E-state index in [9.17, 15) is 0 Å². The van der Waals surface area contributed by atoms with E-state index in [0.717, 1.165) is 67.1 Å². The Morgan fingerprint density at radius 2 is 1.00 bits per heavy atom. The quantitative estimate of drug-likeness (QED) is 0.159. The molecule has 10 rings (SSSR count). The van der Waals surface area contributed by atoms with Crippen molar-refractivity contribution in [2.45, 2.75) is 44.3 Å². The summed E-state index contributed by atoms with van der Waals surface area (Å²) in [5.74, 6) is 0.597. The van der Waals surface area contributed by atoms with E-state index >= 15 is 0 Å². The van der Waals surface area contributed by atoms with Gasteiger partial charge in [0.25, 0.3) is 0 Å². The second kappa shape index (κ2) is 12.9. The third kappa shape index (κ3) is 5.26. The highest BCUT2D eigenvalue weighted by atomic mass is 16.7. The van der Waals surface area contributed by atoms with Gasteiger partial charge in [0.05, 0.1) is 28.0 Å². The molecule has 0 radical (unpaired) electrons. The molecule has 7 heteroatoms. The van der Waals surface area contributed by atoms with Crippen LogP contribution in [-0.2, 0) is 14.7 Å². The maximum absolute atomic E-state index is 6.66. The highest BCUT2D eigenvalue weighted by Gasteiger charge is 2.54. The van der Waals surface area contributed by atoms with Gasteiger partial charge in [-0.15, -0.1) is 0 Å². The molecule has 1 fully saturated rings. The van der Waals surface area contributed by atoms with Crippen LogP contribution in [0.5, 0.6) is 0 Å². The molecule has 1 aliphatic heterocycles. The average Bonchev–Trinajstić information content (AvgIpc) is 3.66. The third-order valence-electron chi connectivity index (χ3n) is 11.8. The van der Waals surface area contributed by atoms with Gasteiger partial charge in [0.1, 0.15) is 11.2 Å². The van der Waals surface area contributed by atoms with Crippen molar-refractivity contribution in [3.63, 3.8) is 0 Å². The molecule has 1 unspecified atom stereocenters. The lowest BCUT2D eigenvalue weighted by atomic mass is 9.67. The predicted octanol–water partition coefficient (Wildman–Crippen LogP) is 10.1. The van der Waals surface area contributed by atoms with Gasteiger partial charge in [0.2, 0.25) is 0 Å². The lowest BCUT2D eigenvalue weighted by Gasteiger charge is -2.34. The average molecular weight is 727 g/mol. The summed E-state index contributed by atoms with van der Waals surface area (Å²) < 4.78 is 13.3. The van der Waals surface area contributed by atoms with E-state index in [1.165, 1.54) is 0 Å². The van der Waals surface area contributed by atoms with Crippen molar-refractivity contribution < 1.29 is 9.31 Å². The van der Waals surface area contributed by atoms with Gasteiger partial charge in [-0.1, -0.05) is 164 Å². The molecule has 1 aliphatic carbocycles. The second-order valence-electron chi connectivity index (χ2n) is 15.6. The van der Waals surface area contributed by atoms with Crippen molar-refractivity contribution in [3.8, 4) is 45.0 Å². The summed E-state index contributed by atoms with van der Waals surface area (Å²) in [6.07, 6.45) is 0. The van der Waals surface area contributed by atoms with E-state index in [-0.39, 0.29) is 0 Å². The normalized spacial score (nSPS) is 17.8. The number of hydrogen-bond donors (Lipinski definition) is 0. The van der Waals surface area contributed by atoms with E-state index in [4.69, 9.17) is 29.2 Å². The SMILES string of the molecule is CC1(C)OB(c2ccc3c(c2)C(c2ccccc2)(c2nc4c(-c5ccccc5)nc(-c5ccccc5)nc4nc2-c2ccccc2)c2ccccc2-3)OC1(C)C. The Bertz CT molecular complexity index is 2740. The Morgan fingerprint density at radius 1 is 0.464 bits per heavy atom. The summed E-state index contributed by atoms with van der Waals surface area (Å²) in [6.45, 7) is 8.38. The first-order chi connectivity index (χ1) is 27.2. The molecule has 270 valence electrons. The molecule has 0 saturated carbocycles. The zero-order valence-corrected chi connectivity index (χ0v) is 31.8. The summed E-state index contributed by atoms with van der Waals surface area (Å²) in [5.41, 5.74) is 10.9. The van der Waals surface area contributed by atoms with Crippen molar-refractivity contribution >= 4 is 23.7 Å². The van der Waals surface area contributed by atoms with Gasteiger partial charge in [-0.3, -0.25) is 0 Å². The lowest BCUT2D eigenvalue weighted by Crippen LogP contribution is -2.41. The van der Waals surface area contributed by atoms with E-state index in [1.54, 1.807) is 0 Å². The fourth-order valence-corrected chi connectivity index (χ4v) is 8.33. The highest BCUT2D eigenvalue weighted by Crippen LogP contribution is 2.57. The molecular weight excluding hydrogens is 687 g/mol. The zero-order valence-electron chi connectivity index (χ0n) is 31.8. The molecule has 3 heterocycles. The number of nitrogens with zero attached hydrogens (tertiary/aromatic N) is 4. The largest absolute Gasteiger partial charge is 0.494 e. The van der Waals surface area contributed by atoms with Crippen LogP contribution in [0.3, 0.4) is 0 Å². The molecule has 8 aromatic rings. The van der Waals surface area contributed by atoms with E-state index in [1.807, 2.05) is 54.6 Å². The maximum Gasteiger partial charge on any atom is 0.494 e. The number of rotatable bonds is 6. The van der Waals surface area contributed by atoms with Crippen LogP contribution in [-0.4, -0.2) is 38.3 Å². The Balaban J connectivity index is 1.34. The van der Waals surface area contributed by atoms with Crippen molar-refractivity contribution in [2.75, 3.05) is 0 Å². The number of benzene rings is 6. The summed E-state index contributed by atoms with van der Waals surface area (Å²) >= 11 is 0. The molecule has 2 aliphatic rings. The summed E-state index contributed by atoms with van der Waals surface area (Å²) in [5, 5.41) is 0. The van der Waals surface area contributed by atoms with Gasteiger partial charge in [-0.2, -0.15) is 0 Å². The van der Waals surface area contributed by atoms with Crippen LogP contribution in [0.25, 0.3) is 56.2 Å². The van der Waals surface area contributed by atoms with Crippen LogP contribution in [0.4, 0.5) is 0 Å². The standard InChI is InChI=1S/C49H39BN4O2/c1-47(2)48(3,4)56-50(55-47)36-29-30-38-37-27-17-18-28-39(37)49(40(38)31-36,35-25-15-8-16-26-35)44-42(33-21-11-6-12-22-33)53-46-43(51-44)41(32-19-9-5-10-20-32)52-45(54-46)34-23-13-7-14-24-34/h5-31H,1-4H3. The minimum atomic E-state index is -0.898. The summed E-state index contributed by atoms with van der Waals surface area (Å²) in [7, 11) is -0.548.